The van der Waals surface area contributed by atoms with Gasteiger partial charge in [-0.25, -0.2) is 0 Å². The maximum Gasteiger partial charge on any atom is 0.313 e. The van der Waals surface area contributed by atoms with Gasteiger partial charge in [-0.05, 0) is 42.2 Å². The Kier molecular flexibility index (Phi) is 8.06. The number of rotatable bonds is 4. The van der Waals surface area contributed by atoms with Crippen LogP contribution in [0, 0.1) is 17.8 Å². The monoisotopic (exact) mass is 601 g/mol. The van der Waals surface area contributed by atoms with E-state index in [4.69, 9.17) is 9.47 Å². The zero-order valence-corrected chi connectivity index (χ0v) is 25.2. The van der Waals surface area contributed by atoms with E-state index in [0.717, 1.165) is 10.8 Å². The molecule has 10 heteroatoms. The number of hydrogen-bond acceptors (Lipinski definition) is 7. The SMILES string of the molecule is CC(C)[C@H](CO)N1C(=O)[C@H]2[C@@H]3C(=O)O[C@@H](C)CNC(=O)CC/C=C\[C@@H]3O[C@]23C=CCN(c2ccc4ccccc4c2)C(=O)[C@H]13. The summed E-state index contributed by atoms with van der Waals surface area (Å²) in [4.78, 5) is 58.5. The molecule has 0 bridgehead atoms. The molecule has 2 N–H and O–H groups in total. The van der Waals surface area contributed by atoms with Crippen molar-refractivity contribution in [2.45, 2.75) is 63.5 Å². The first-order chi connectivity index (χ1) is 21.2. The van der Waals surface area contributed by atoms with Crippen LogP contribution in [0.5, 0.6) is 0 Å². The molecule has 2 fully saturated rings. The van der Waals surface area contributed by atoms with Crippen molar-refractivity contribution < 1.29 is 33.8 Å². The Labute approximate surface area is 256 Å². The van der Waals surface area contributed by atoms with E-state index in [1.165, 1.54) is 4.90 Å². The standard InChI is InChI=1S/C34H39N3O7/c1-20(2)25(19-38)37-30-32(41)36(24-14-13-22-9-4-5-10-23(22)17-24)16-8-15-34(30)29(31(37)40)28-26(44-34)11-6-7-12-27(39)35-18-21(3)43-33(28)42/h4-6,8-11,13-15,17,20-21,25-26,28-30,38H,7,12,16,18-19H2,1-3H3,(H,35,39)/b11-6-/t21-,25-,26-,28+,29+,30-,34+/m0/s1. The molecule has 0 unspecified atom stereocenters. The average Bonchev–Trinajstić information content (AvgIpc) is 3.38. The molecular weight excluding hydrogens is 562 g/mol. The number of cyclic esters (lactones) is 1. The van der Waals surface area contributed by atoms with Gasteiger partial charge in [-0.3, -0.25) is 19.2 Å². The maximum absolute atomic E-state index is 14.8. The van der Waals surface area contributed by atoms with Gasteiger partial charge in [-0.1, -0.05) is 68.5 Å². The molecule has 2 aromatic carbocycles. The van der Waals surface area contributed by atoms with Gasteiger partial charge in [0.25, 0.3) is 5.91 Å². The molecule has 3 amide bonds. The van der Waals surface area contributed by atoms with Crippen LogP contribution >= 0.6 is 0 Å². The normalized spacial score (nSPS) is 32.2. The van der Waals surface area contributed by atoms with Crippen molar-refractivity contribution in [3.05, 3.63) is 66.8 Å². The molecule has 6 rings (SSSR count). The highest BCUT2D eigenvalue weighted by atomic mass is 16.6. The summed E-state index contributed by atoms with van der Waals surface area (Å²) in [5.74, 6) is -3.82. The molecule has 0 saturated carbocycles. The number of ether oxygens (including phenoxy) is 2. The molecule has 0 radical (unpaired) electrons. The van der Waals surface area contributed by atoms with Crippen molar-refractivity contribution in [3.8, 4) is 0 Å². The average molecular weight is 602 g/mol. The molecule has 0 aromatic heterocycles. The minimum atomic E-state index is -1.47. The number of benzene rings is 2. The number of esters is 1. The Bertz CT molecular complexity index is 1540. The summed E-state index contributed by atoms with van der Waals surface area (Å²) in [5, 5.41) is 15.3. The topological polar surface area (TPSA) is 125 Å². The highest BCUT2D eigenvalue weighted by Crippen LogP contribution is 2.54. The lowest BCUT2D eigenvalue weighted by molar-refractivity contribution is -0.159. The largest absolute Gasteiger partial charge is 0.460 e. The first-order valence-corrected chi connectivity index (χ1v) is 15.4. The number of carbonyl (C=O) groups is 4. The molecule has 4 aliphatic rings. The maximum atomic E-state index is 14.8. The Hall–Kier alpha value is -4.02. The van der Waals surface area contributed by atoms with Gasteiger partial charge < -0.3 is 29.7 Å². The van der Waals surface area contributed by atoms with E-state index < -0.39 is 53.6 Å². The second-order valence-electron chi connectivity index (χ2n) is 12.5. The summed E-state index contributed by atoms with van der Waals surface area (Å²) < 4.78 is 12.5. The number of allylic oxidation sites excluding steroid dienone is 1. The molecule has 10 nitrogen and oxygen atoms in total. The van der Waals surface area contributed by atoms with Crippen LogP contribution in [-0.2, 0) is 28.7 Å². The Balaban J connectivity index is 1.46. The summed E-state index contributed by atoms with van der Waals surface area (Å²) in [7, 11) is 0. The van der Waals surface area contributed by atoms with Crippen LogP contribution in [0.3, 0.4) is 0 Å². The molecule has 7 atom stereocenters. The Morgan fingerprint density at radius 3 is 2.57 bits per heavy atom. The van der Waals surface area contributed by atoms with Gasteiger partial charge in [0.1, 0.15) is 23.7 Å². The predicted molar refractivity (Wildman–Crippen MR) is 163 cm³/mol. The zero-order valence-electron chi connectivity index (χ0n) is 25.2. The van der Waals surface area contributed by atoms with Crippen LogP contribution in [0.25, 0.3) is 10.8 Å². The number of likely N-dealkylation sites (tertiary alicyclic amines) is 1. The van der Waals surface area contributed by atoms with E-state index in [1.807, 2.05) is 62.4 Å². The predicted octanol–water partition coefficient (Wildman–Crippen LogP) is 2.74. The molecule has 2 aromatic rings. The van der Waals surface area contributed by atoms with Crippen LogP contribution < -0.4 is 10.2 Å². The van der Waals surface area contributed by atoms with Gasteiger partial charge in [-0.2, -0.15) is 0 Å². The van der Waals surface area contributed by atoms with Crippen molar-refractivity contribution in [1.29, 1.82) is 0 Å². The second-order valence-corrected chi connectivity index (χ2v) is 12.5. The molecule has 232 valence electrons. The van der Waals surface area contributed by atoms with Gasteiger partial charge in [0.2, 0.25) is 11.8 Å². The molecular formula is C34H39N3O7. The lowest BCUT2D eigenvalue weighted by atomic mass is 9.78. The number of anilines is 1. The van der Waals surface area contributed by atoms with Gasteiger partial charge in [0.15, 0.2) is 0 Å². The minimum absolute atomic E-state index is 0.143. The van der Waals surface area contributed by atoms with Crippen LogP contribution in [0.2, 0.25) is 0 Å². The molecule has 1 spiro atoms. The van der Waals surface area contributed by atoms with E-state index in [2.05, 4.69) is 5.32 Å². The third kappa shape index (κ3) is 4.99. The van der Waals surface area contributed by atoms with Crippen molar-refractivity contribution in [2.24, 2.45) is 17.8 Å². The lowest BCUT2D eigenvalue weighted by Gasteiger charge is -2.39. The second kappa shape index (κ2) is 11.8. The van der Waals surface area contributed by atoms with Crippen molar-refractivity contribution in [2.75, 3.05) is 24.6 Å². The van der Waals surface area contributed by atoms with E-state index >= 15 is 0 Å². The summed E-state index contributed by atoms with van der Waals surface area (Å²) >= 11 is 0. The molecule has 4 aliphatic heterocycles. The van der Waals surface area contributed by atoms with E-state index in [9.17, 15) is 24.3 Å². The summed E-state index contributed by atoms with van der Waals surface area (Å²) in [5.41, 5.74) is -0.802. The van der Waals surface area contributed by atoms with Crippen molar-refractivity contribution in [3.63, 3.8) is 0 Å². The Morgan fingerprint density at radius 2 is 1.82 bits per heavy atom. The fourth-order valence-corrected chi connectivity index (χ4v) is 7.16. The minimum Gasteiger partial charge on any atom is -0.460 e. The summed E-state index contributed by atoms with van der Waals surface area (Å²) in [6, 6.07) is 11.9. The first-order valence-electron chi connectivity index (χ1n) is 15.4. The van der Waals surface area contributed by atoms with E-state index in [1.54, 1.807) is 30.1 Å². The fourth-order valence-electron chi connectivity index (χ4n) is 7.16. The Morgan fingerprint density at radius 1 is 1.05 bits per heavy atom. The fraction of sp³-hybridized carbons (Fsp3) is 0.471. The zero-order chi connectivity index (χ0) is 31.2. The van der Waals surface area contributed by atoms with E-state index in [0.29, 0.717) is 12.1 Å². The number of aliphatic hydroxyl groups excluding tert-OH is 1. The van der Waals surface area contributed by atoms with Crippen LogP contribution in [0.4, 0.5) is 5.69 Å². The van der Waals surface area contributed by atoms with E-state index in [-0.39, 0.29) is 43.8 Å². The molecule has 4 heterocycles. The quantitative estimate of drug-likeness (QED) is 0.408. The highest BCUT2D eigenvalue weighted by Gasteiger charge is 2.72. The number of fused-ring (bicyclic) bond motifs is 3. The number of nitrogens with zero attached hydrogens (tertiary/aromatic N) is 2. The van der Waals surface area contributed by atoms with Crippen molar-refractivity contribution >= 4 is 40.2 Å². The van der Waals surface area contributed by atoms with Gasteiger partial charge in [0.05, 0.1) is 31.2 Å². The third-order valence-electron chi connectivity index (χ3n) is 9.33. The van der Waals surface area contributed by atoms with Gasteiger partial charge >= 0.3 is 5.97 Å². The number of hydrogen-bond donors (Lipinski definition) is 2. The summed E-state index contributed by atoms with van der Waals surface area (Å²) in [6.45, 7) is 5.48. The van der Waals surface area contributed by atoms with Gasteiger partial charge in [0, 0.05) is 18.7 Å². The number of aliphatic hydroxyl groups is 1. The lowest BCUT2D eigenvalue weighted by Crippen LogP contribution is -2.59. The van der Waals surface area contributed by atoms with Crippen LogP contribution in [0.1, 0.15) is 33.6 Å². The molecule has 44 heavy (non-hydrogen) atoms. The molecule has 0 aliphatic carbocycles. The number of amides is 3. The third-order valence-corrected chi connectivity index (χ3v) is 9.33. The van der Waals surface area contributed by atoms with Crippen LogP contribution in [0.15, 0.2) is 66.8 Å². The first kappa shape index (κ1) is 30.0. The van der Waals surface area contributed by atoms with Crippen LogP contribution in [-0.4, -0.2) is 83.3 Å². The van der Waals surface area contributed by atoms with Gasteiger partial charge in [-0.15, -0.1) is 0 Å². The smallest absolute Gasteiger partial charge is 0.313 e. The number of nitrogens with one attached hydrogen (secondary N) is 1. The highest BCUT2D eigenvalue weighted by molar-refractivity contribution is 6.06. The van der Waals surface area contributed by atoms with Crippen molar-refractivity contribution in [1.82, 2.24) is 10.2 Å². The summed E-state index contributed by atoms with van der Waals surface area (Å²) in [6.07, 6.45) is 6.28. The molecule has 2 saturated heterocycles. The number of carbonyl (C=O) groups excluding carboxylic acids is 4.